The molecule has 2 aromatic heterocycles. The lowest BCUT2D eigenvalue weighted by atomic mass is 10.3. The van der Waals surface area contributed by atoms with Crippen LogP contribution in [-0.2, 0) is 28.9 Å². The van der Waals surface area contributed by atoms with E-state index in [1.807, 2.05) is 11.6 Å². The van der Waals surface area contributed by atoms with Gasteiger partial charge in [0.2, 0.25) is 0 Å². The minimum Gasteiger partial charge on any atom is -0.469 e. The minimum absolute atomic E-state index is 0.190. The fourth-order valence-electron chi connectivity index (χ4n) is 1.62. The van der Waals surface area contributed by atoms with Gasteiger partial charge >= 0.3 is 5.97 Å². The average molecular weight is 296 g/mol. The van der Waals surface area contributed by atoms with Crippen molar-refractivity contribution in [3.63, 3.8) is 0 Å². The highest BCUT2D eigenvalue weighted by Crippen LogP contribution is 2.17. The number of nitrogens with zero attached hydrogens (tertiary/aromatic N) is 1. The number of carbonyl (C=O) groups excluding carboxylic acids is 1. The molecule has 0 aromatic carbocycles. The summed E-state index contributed by atoms with van der Waals surface area (Å²) in [5.41, 5.74) is 2.99. The highest BCUT2D eigenvalue weighted by molar-refractivity contribution is 7.12. The van der Waals surface area contributed by atoms with E-state index in [0.717, 1.165) is 30.1 Å². The Morgan fingerprint density at radius 2 is 2.26 bits per heavy atom. The number of thiophene rings is 1. The van der Waals surface area contributed by atoms with Crippen LogP contribution in [0.2, 0.25) is 0 Å². The lowest BCUT2D eigenvalue weighted by molar-refractivity contribution is -0.139. The summed E-state index contributed by atoms with van der Waals surface area (Å²) in [5.74, 6) is -0.190. The van der Waals surface area contributed by atoms with Gasteiger partial charge in [0.15, 0.2) is 0 Å². The van der Waals surface area contributed by atoms with Crippen molar-refractivity contribution < 1.29 is 9.53 Å². The van der Waals surface area contributed by atoms with Gasteiger partial charge in [-0.05, 0) is 12.1 Å². The van der Waals surface area contributed by atoms with Crippen LogP contribution in [0.25, 0.3) is 0 Å². The number of ether oxygens (including phenoxy) is 1. The first kappa shape index (κ1) is 14.2. The van der Waals surface area contributed by atoms with Gasteiger partial charge in [-0.2, -0.15) is 0 Å². The molecule has 4 nitrogen and oxygen atoms in total. The summed E-state index contributed by atoms with van der Waals surface area (Å²) in [6, 6.07) is 4.04. The first-order chi connectivity index (χ1) is 9.28. The Labute approximate surface area is 120 Å². The number of carbonyl (C=O) groups is 1. The Bertz CT molecular complexity index is 508. The Morgan fingerprint density at radius 3 is 3.00 bits per heavy atom. The number of hydrogen-bond acceptors (Lipinski definition) is 6. The van der Waals surface area contributed by atoms with E-state index in [1.165, 1.54) is 12.0 Å². The fraction of sp³-hybridized carbons (Fsp3) is 0.385. The second-order valence-electron chi connectivity index (χ2n) is 4.03. The van der Waals surface area contributed by atoms with Gasteiger partial charge in [-0.25, -0.2) is 4.98 Å². The van der Waals surface area contributed by atoms with Crippen LogP contribution >= 0.6 is 22.7 Å². The van der Waals surface area contributed by atoms with Crippen LogP contribution in [-0.4, -0.2) is 24.6 Å². The maximum atomic E-state index is 11.1. The van der Waals surface area contributed by atoms with Gasteiger partial charge in [0, 0.05) is 34.6 Å². The molecule has 1 N–H and O–H groups in total. The quantitative estimate of drug-likeness (QED) is 0.629. The van der Waals surface area contributed by atoms with E-state index in [9.17, 15) is 4.79 Å². The van der Waals surface area contributed by atoms with Crippen LogP contribution in [0, 0.1) is 0 Å². The lowest BCUT2D eigenvalue weighted by Crippen LogP contribution is -2.16. The fourth-order valence-corrected chi connectivity index (χ4v) is 3.18. The molecule has 6 heteroatoms. The summed E-state index contributed by atoms with van der Waals surface area (Å²) in [7, 11) is 1.41. The Kier molecular flexibility index (Phi) is 5.50. The van der Waals surface area contributed by atoms with Crippen molar-refractivity contribution in [2.24, 2.45) is 0 Å². The number of rotatable bonds is 7. The smallest absolute Gasteiger partial charge is 0.310 e. The third kappa shape index (κ3) is 4.74. The van der Waals surface area contributed by atoms with Crippen molar-refractivity contribution in [3.05, 3.63) is 38.5 Å². The van der Waals surface area contributed by atoms with E-state index >= 15 is 0 Å². The molecule has 0 aliphatic carbocycles. The molecule has 0 aliphatic rings. The highest BCUT2D eigenvalue weighted by Gasteiger charge is 2.06. The second kappa shape index (κ2) is 7.37. The molecule has 0 saturated heterocycles. The predicted molar refractivity (Wildman–Crippen MR) is 77.6 cm³/mol. The average Bonchev–Trinajstić information content (AvgIpc) is 3.06. The molecule has 102 valence electrons. The van der Waals surface area contributed by atoms with Crippen LogP contribution in [0.3, 0.4) is 0 Å². The Morgan fingerprint density at radius 1 is 1.42 bits per heavy atom. The first-order valence-electron chi connectivity index (χ1n) is 6.00. The number of methoxy groups -OCH3 is 1. The lowest BCUT2D eigenvalue weighted by Gasteiger charge is -2.01. The van der Waals surface area contributed by atoms with E-state index in [0.29, 0.717) is 6.42 Å². The largest absolute Gasteiger partial charge is 0.469 e. The maximum Gasteiger partial charge on any atom is 0.310 e. The summed E-state index contributed by atoms with van der Waals surface area (Å²) in [6.45, 7) is 1.74. The van der Waals surface area contributed by atoms with Crippen molar-refractivity contribution in [2.75, 3.05) is 13.7 Å². The highest BCUT2D eigenvalue weighted by atomic mass is 32.1. The molecule has 0 bridgehead atoms. The van der Waals surface area contributed by atoms with Gasteiger partial charge in [0.1, 0.15) is 0 Å². The summed E-state index contributed by atoms with van der Waals surface area (Å²) in [5, 5.41) is 5.45. The van der Waals surface area contributed by atoms with Crippen molar-refractivity contribution in [1.29, 1.82) is 0 Å². The molecule has 0 amide bonds. The number of esters is 1. The number of aromatic nitrogens is 1. The molecule has 0 spiro atoms. The van der Waals surface area contributed by atoms with Gasteiger partial charge in [0.25, 0.3) is 0 Å². The number of nitrogens with one attached hydrogen (secondary N) is 1. The van der Waals surface area contributed by atoms with E-state index < -0.39 is 0 Å². The molecule has 0 aliphatic heterocycles. The molecule has 2 aromatic rings. The Hall–Kier alpha value is -1.24. The second-order valence-corrected chi connectivity index (χ2v) is 6.00. The van der Waals surface area contributed by atoms with Crippen LogP contribution in [0.15, 0.2) is 23.0 Å². The maximum absolute atomic E-state index is 11.1. The van der Waals surface area contributed by atoms with E-state index in [-0.39, 0.29) is 5.97 Å². The molecule has 0 radical (unpaired) electrons. The minimum atomic E-state index is -0.190. The Balaban J connectivity index is 1.70. The van der Waals surface area contributed by atoms with Gasteiger partial charge < -0.3 is 10.1 Å². The predicted octanol–water partition coefficient (Wildman–Crippen LogP) is 2.25. The van der Waals surface area contributed by atoms with Crippen molar-refractivity contribution >= 4 is 28.6 Å². The monoisotopic (exact) mass is 296 g/mol. The summed E-state index contributed by atoms with van der Waals surface area (Å²) >= 11 is 3.27. The van der Waals surface area contributed by atoms with Crippen LogP contribution in [0.4, 0.5) is 0 Å². The van der Waals surface area contributed by atoms with E-state index in [2.05, 4.69) is 26.5 Å². The molecule has 0 atom stereocenters. The number of hydrogen-bond donors (Lipinski definition) is 1. The van der Waals surface area contributed by atoms with Crippen molar-refractivity contribution in [1.82, 2.24) is 10.3 Å². The van der Waals surface area contributed by atoms with Crippen molar-refractivity contribution in [2.45, 2.75) is 19.4 Å². The van der Waals surface area contributed by atoms with E-state index in [4.69, 9.17) is 0 Å². The standard InChI is InChI=1S/C13H16N2O2S2/c1-17-13(16)6-11-2-3-12(19-11)7-14-5-4-10-8-18-9-15-10/h2-3,8-9,14H,4-7H2,1H3. The normalized spacial score (nSPS) is 10.6. The molecule has 2 rings (SSSR count). The summed E-state index contributed by atoms with van der Waals surface area (Å²) in [4.78, 5) is 17.7. The molecule has 19 heavy (non-hydrogen) atoms. The zero-order chi connectivity index (χ0) is 13.5. The SMILES string of the molecule is COC(=O)Cc1ccc(CNCCc2cscn2)s1. The molecule has 0 fully saturated rings. The van der Waals surface area contributed by atoms with Crippen molar-refractivity contribution in [3.8, 4) is 0 Å². The van der Waals surface area contributed by atoms with Gasteiger partial charge in [-0.15, -0.1) is 22.7 Å². The molecular formula is C13H16N2O2S2. The van der Waals surface area contributed by atoms with E-state index in [1.54, 1.807) is 22.7 Å². The summed E-state index contributed by atoms with van der Waals surface area (Å²) < 4.78 is 4.65. The van der Waals surface area contributed by atoms with Crippen LogP contribution in [0.1, 0.15) is 15.4 Å². The molecule has 2 heterocycles. The molecular weight excluding hydrogens is 280 g/mol. The van der Waals surface area contributed by atoms with Gasteiger partial charge in [-0.3, -0.25) is 4.79 Å². The molecule has 0 unspecified atom stereocenters. The third-order valence-electron chi connectivity index (χ3n) is 2.60. The summed E-state index contributed by atoms with van der Waals surface area (Å²) in [6.07, 6.45) is 1.31. The van der Waals surface area contributed by atoms with Crippen LogP contribution < -0.4 is 5.32 Å². The zero-order valence-electron chi connectivity index (χ0n) is 10.7. The zero-order valence-corrected chi connectivity index (χ0v) is 12.4. The first-order valence-corrected chi connectivity index (χ1v) is 7.76. The van der Waals surface area contributed by atoms with Gasteiger partial charge in [-0.1, -0.05) is 0 Å². The third-order valence-corrected chi connectivity index (χ3v) is 4.32. The number of thiazole rings is 1. The van der Waals surface area contributed by atoms with Gasteiger partial charge in [0.05, 0.1) is 24.7 Å². The van der Waals surface area contributed by atoms with Crippen LogP contribution in [0.5, 0.6) is 0 Å². The topological polar surface area (TPSA) is 51.2 Å². The molecule has 0 saturated carbocycles.